The summed E-state index contributed by atoms with van der Waals surface area (Å²) in [4.78, 5) is 40.0. The van der Waals surface area contributed by atoms with E-state index in [4.69, 9.17) is 23.2 Å². The summed E-state index contributed by atoms with van der Waals surface area (Å²) in [6.07, 6.45) is 3.16. The van der Waals surface area contributed by atoms with Gasteiger partial charge in [0.05, 0.1) is 11.1 Å². The first-order valence-electron chi connectivity index (χ1n) is 13.3. The Kier molecular flexibility index (Phi) is 7.21. The smallest absolute Gasteiger partial charge is 0.237 e. The maximum absolute atomic E-state index is 15.8. The Labute approximate surface area is 232 Å². The highest BCUT2D eigenvalue weighted by Crippen LogP contribution is 2.57. The fraction of sp³-hybridized carbons (Fsp3) is 0.500. The van der Waals surface area contributed by atoms with Crippen LogP contribution in [-0.2, 0) is 19.8 Å². The van der Waals surface area contributed by atoms with Crippen LogP contribution in [0.25, 0.3) is 0 Å². The first kappa shape index (κ1) is 27.3. The monoisotopic (exact) mass is 558 g/mol. The molecule has 0 radical (unpaired) electrons. The van der Waals surface area contributed by atoms with E-state index >= 15 is 4.39 Å². The molecule has 2 N–H and O–H groups in total. The molecule has 202 valence electrons. The molecule has 8 heteroatoms. The summed E-state index contributed by atoms with van der Waals surface area (Å²) in [5.74, 6) is -1.47. The number of halogens is 3. The zero-order valence-corrected chi connectivity index (χ0v) is 23.4. The number of nitrogens with one attached hydrogen (secondary N) is 2. The fourth-order valence-electron chi connectivity index (χ4n) is 6.82. The summed E-state index contributed by atoms with van der Waals surface area (Å²) in [6, 6.07) is 8.77. The third kappa shape index (κ3) is 4.69. The lowest BCUT2D eigenvalue weighted by Crippen LogP contribution is -2.49. The number of anilines is 1. The molecule has 1 aliphatic carbocycles. The lowest BCUT2D eigenvalue weighted by Gasteiger charge is -2.38. The summed E-state index contributed by atoms with van der Waals surface area (Å²) in [5, 5.41) is 6.96. The van der Waals surface area contributed by atoms with Crippen molar-refractivity contribution in [3.05, 3.63) is 63.4 Å². The molecule has 2 aliphatic heterocycles. The molecule has 2 aromatic rings. The van der Waals surface area contributed by atoms with E-state index in [0.29, 0.717) is 48.4 Å². The second-order valence-corrected chi connectivity index (χ2v) is 13.1. The predicted octanol–water partition coefficient (Wildman–Crippen LogP) is 6.60. The van der Waals surface area contributed by atoms with E-state index in [9.17, 15) is 14.4 Å². The van der Waals surface area contributed by atoms with Crippen LogP contribution in [0, 0.1) is 17.2 Å². The highest BCUT2D eigenvalue weighted by Gasteiger charge is 2.66. The molecule has 1 saturated carbocycles. The predicted molar refractivity (Wildman–Crippen MR) is 147 cm³/mol. The lowest BCUT2D eigenvalue weighted by atomic mass is 9.62. The van der Waals surface area contributed by atoms with Crippen LogP contribution in [0.2, 0.25) is 10.0 Å². The van der Waals surface area contributed by atoms with Crippen molar-refractivity contribution in [2.24, 2.45) is 11.3 Å². The van der Waals surface area contributed by atoms with Crippen LogP contribution in [-0.4, -0.2) is 29.6 Å². The molecule has 0 aromatic heterocycles. The second kappa shape index (κ2) is 10.0. The van der Waals surface area contributed by atoms with E-state index < -0.39 is 29.2 Å². The summed E-state index contributed by atoms with van der Waals surface area (Å²) in [6.45, 7) is 6.25. The van der Waals surface area contributed by atoms with Gasteiger partial charge >= 0.3 is 0 Å². The van der Waals surface area contributed by atoms with Crippen LogP contribution >= 0.6 is 23.2 Å². The van der Waals surface area contributed by atoms with E-state index in [2.05, 4.69) is 31.4 Å². The number of carbonyl (C=O) groups is 3. The van der Waals surface area contributed by atoms with Gasteiger partial charge in [-0.1, -0.05) is 62.2 Å². The number of hydrogen-bond acceptors (Lipinski definition) is 4. The minimum absolute atomic E-state index is 0.0522. The van der Waals surface area contributed by atoms with Crippen LogP contribution < -0.4 is 10.6 Å². The number of fused-ring (bicyclic) bond motifs is 2. The molecule has 2 aromatic carbocycles. The van der Waals surface area contributed by atoms with Crippen molar-refractivity contribution < 1.29 is 18.8 Å². The Balaban J connectivity index is 1.68. The Hall–Kier alpha value is -2.28. The average molecular weight is 560 g/mol. The van der Waals surface area contributed by atoms with Crippen molar-refractivity contribution >= 4 is 46.4 Å². The van der Waals surface area contributed by atoms with Gasteiger partial charge in [0, 0.05) is 41.9 Å². The van der Waals surface area contributed by atoms with Gasteiger partial charge in [0.2, 0.25) is 5.91 Å². The molecular formula is C30H33Cl2FN2O3. The maximum Gasteiger partial charge on any atom is 0.237 e. The van der Waals surface area contributed by atoms with E-state index in [1.165, 1.54) is 6.07 Å². The van der Waals surface area contributed by atoms with Crippen molar-refractivity contribution in [2.45, 2.75) is 82.7 Å². The van der Waals surface area contributed by atoms with Crippen molar-refractivity contribution in [2.75, 3.05) is 5.32 Å². The third-order valence-electron chi connectivity index (χ3n) is 8.44. The van der Waals surface area contributed by atoms with E-state index in [1.54, 1.807) is 24.3 Å². The molecule has 2 heterocycles. The van der Waals surface area contributed by atoms with Gasteiger partial charge in [-0.25, -0.2) is 4.39 Å². The average Bonchev–Trinajstić information content (AvgIpc) is 3.31. The minimum Gasteiger partial charge on any atom is -0.325 e. The van der Waals surface area contributed by atoms with Crippen molar-refractivity contribution in [1.29, 1.82) is 0 Å². The van der Waals surface area contributed by atoms with Crippen molar-refractivity contribution in [1.82, 2.24) is 5.32 Å². The van der Waals surface area contributed by atoms with Gasteiger partial charge < -0.3 is 10.6 Å². The number of amides is 1. The van der Waals surface area contributed by atoms with E-state index in [0.717, 1.165) is 0 Å². The molecule has 0 bridgehead atoms. The Morgan fingerprint density at radius 2 is 1.82 bits per heavy atom. The van der Waals surface area contributed by atoms with E-state index in [1.807, 2.05) is 6.07 Å². The number of hydrogen-bond donors (Lipinski definition) is 2. The zero-order chi connectivity index (χ0) is 27.4. The van der Waals surface area contributed by atoms with Gasteiger partial charge in [0.25, 0.3) is 0 Å². The van der Waals surface area contributed by atoms with Gasteiger partial charge in [-0.05, 0) is 59.9 Å². The number of benzene rings is 2. The van der Waals surface area contributed by atoms with Crippen LogP contribution in [0.15, 0.2) is 36.4 Å². The molecule has 2 fully saturated rings. The lowest BCUT2D eigenvalue weighted by molar-refractivity contribution is -0.125. The van der Waals surface area contributed by atoms with Crippen molar-refractivity contribution in [3.8, 4) is 0 Å². The normalized spacial score (nSPS) is 27.6. The maximum atomic E-state index is 15.8. The molecule has 0 unspecified atom stereocenters. The quantitative estimate of drug-likeness (QED) is 0.433. The zero-order valence-electron chi connectivity index (χ0n) is 21.9. The molecule has 3 aliphatic rings. The molecule has 1 amide bonds. The first-order chi connectivity index (χ1) is 17.9. The van der Waals surface area contributed by atoms with Gasteiger partial charge in [0.15, 0.2) is 5.78 Å². The van der Waals surface area contributed by atoms with Gasteiger partial charge in [-0.2, -0.15) is 0 Å². The number of ketones is 2. The molecule has 5 nitrogen and oxygen atoms in total. The molecular weight excluding hydrogens is 526 g/mol. The fourth-order valence-corrected chi connectivity index (χ4v) is 7.17. The topological polar surface area (TPSA) is 75.3 Å². The second-order valence-electron chi connectivity index (χ2n) is 12.2. The largest absolute Gasteiger partial charge is 0.325 e. The summed E-state index contributed by atoms with van der Waals surface area (Å²) < 4.78 is 15.8. The van der Waals surface area contributed by atoms with Crippen LogP contribution in [0.1, 0.15) is 76.3 Å². The highest BCUT2D eigenvalue weighted by molar-refractivity contribution is 6.31. The van der Waals surface area contributed by atoms with Crippen LogP contribution in [0.4, 0.5) is 10.1 Å². The minimum atomic E-state index is -1.25. The van der Waals surface area contributed by atoms with Gasteiger partial charge in [-0.15, -0.1) is 0 Å². The first-order valence-corrected chi connectivity index (χ1v) is 14.0. The van der Waals surface area contributed by atoms with E-state index in [-0.39, 0.29) is 45.8 Å². The van der Waals surface area contributed by atoms with Gasteiger partial charge in [-0.3, -0.25) is 14.4 Å². The summed E-state index contributed by atoms with van der Waals surface area (Å²) >= 11 is 12.5. The van der Waals surface area contributed by atoms with Crippen LogP contribution in [0.3, 0.4) is 0 Å². The number of carbonyl (C=O) groups excluding carboxylic acids is 3. The third-order valence-corrected chi connectivity index (χ3v) is 8.97. The Morgan fingerprint density at radius 3 is 2.50 bits per heavy atom. The molecule has 1 saturated heterocycles. The Morgan fingerprint density at radius 1 is 1.11 bits per heavy atom. The molecule has 4 atom stereocenters. The summed E-state index contributed by atoms with van der Waals surface area (Å²) in [7, 11) is 0. The Bertz CT molecular complexity index is 1300. The summed E-state index contributed by atoms with van der Waals surface area (Å²) in [5.41, 5.74) is 0.0866. The standard InChI is InChI=1S/C30H33Cl2FN2O3/c1-29(2,3)15-24-30(20-12-9-17(31)14-22(20)34-28(30)38)25(19-5-4-6-21(32)26(19)33)27(35-24)23(37)13-16-7-10-18(36)11-8-16/h4-6,9,12,14,16,24-25,27,35H,7-8,10-11,13,15H2,1-3H3,(H,34,38)/t24-,25+,27+,30+/m1/s1. The molecule has 5 rings (SSSR count). The number of rotatable bonds is 5. The SMILES string of the molecule is CC(C)(C)C[C@H]1N[C@@H](C(=O)CC2CCC(=O)CC2)[C@H](c2cccc(Cl)c2F)[C@@]12C(=O)Nc1cc(Cl)ccc12. The van der Waals surface area contributed by atoms with Gasteiger partial charge in [0.1, 0.15) is 17.0 Å². The van der Waals surface area contributed by atoms with Crippen molar-refractivity contribution in [3.63, 3.8) is 0 Å². The molecule has 38 heavy (non-hydrogen) atoms. The van der Waals surface area contributed by atoms with Crippen LogP contribution in [0.5, 0.6) is 0 Å². The molecule has 1 spiro atoms. The number of Topliss-reactive ketones (excluding diaryl/α,β-unsaturated/α-hetero) is 2. The highest BCUT2D eigenvalue weighted by atomic mass is 35.5.